The van der Waals surface area contributed by atoms with Crippen molar-refractivity contribution in [2.45, 2.75) is 18.2 Å². The third kappa shape index (κ3) is 4.16. The molecule has 120 valence electrons. The maximum atomic E-state index is 12.5. The second-order valence-corrected chi connectivity index (χ2v) is 5.94. The highest BCUT2D eigenvalue weighted by atomic mass is 32.2. The van der Waals surface area contributed by atoms with Crippen LogP contribution in [0.1, 0.15) is 23.7 Å². The lowest BCUT2D eigenvalue weighted by atomic mass is 10.2. The summed E-state index contributed by atoms with van der Waals surface area (Å²) in [5, 5.41) is 0. The summed E-state index contributed by atoms with van der Waals surface area (Å²) in [6.45, 7) is 4.53. The second kappa shape index (κ2) is 8.08. The molecule has 1 heterocycles. The number of ether oxygens (including phenoxy) is 1. The van der Waals surface area contributed by atoms with Gasteiger partial charge in [-0.2, -0.15) is 0 Å². The SMILES string of the molecule is CCOC(=O)N1CCCN(C(=O)c2ccc(SC)cc2)CC1. The van der Waals surface area contributed by atoms with E-state index in [-0.39, 0.29) is 12.0 Å². The molecule has 0 bridgehead atoms. The minimum Gasteiger partial charge on any atom is -0.450 e. The molecule has 0 aromatic heterocycles. The summed E-state index contributed by atoms with van der Waals surface area (Å²) in [5.41, 5.74) is 0.697. The molecule has 1 aliphatic rings. The minimum atomic E-state index is -0.291. The average molecular weight is 322 g/mol. The zero-order chi connectivity index (χ0) is 15.9. The molecule has 0 saturated carbocycles. The molecule has 1 aromatic carbocycles. The van der Waals surface area contributed by atoms with Gasteiger partial charge in [0.1, 0.15) is 0 Å². The molecule has 1 saturated heterocycles. The van der Waals surface area contributed by atoms with E-state index in [1.807, 2.05) is 35.4 Å². The predicted molar refractivity (Wildman–Crippen MR) is 87.3 cm³/mol. The van der Waals surface area contributed by atoms with Crippen molar-refractivity contribution in [3.05, 3.63) is 29.8 Å². The van der Waals surface area contributed by atoms with Crippen molar-refractivity contribution in [1.82, 2.24) is 9.80 Å². The highest BCUT2D eigenvalue weighted by Gasteiger charge is 2.23. The van der Waals surface area contributed by atoms with Crippen LogP contribution in [-0.4, -0.2) is 60.8 Å². The molecule has 22 heavy (non-hydrogen) atoms. The van der Waals surface area contributed by atoms with E-state index in [0.717, 1.165) is 11.3 Å². The zero-order valence-corrected chi connectivity index (χ0v) is 13.9. The fourth-order valence-electron chi connectivity index (χ4n) is 2.43. The molecule has 0 N–H and O–H groups in total. The zero-order valence-electron chi connectivity index (χ0n) is 13.1. The summed E-state index contributed by atoms with van der Waals surface area (Å²) in [7, 11) is 0. The predicted octanol–water partition coefficient (Wildman–Crippen LogP) is 2.71. The maximum absolute atomic E-state index is 12.5. The van der Waals surface area contributed by atoms with Crippen molar-refractivity contribution in [3.63, 3.8) is 0 Å². The Kier molecular flexibility index (Phi) is 6.12. The van der Waals surface area contributed by atoms with Crippen LogP contribution in [0.2, 0.25) is 0 Å². The van der Waals surface area contributed by atoms with Gasteiger partial charge in [0.15, 0.2) is 0 Å². The minimum absolute atomic E-state index is 0.0263. The summed E-state index contributed by atoms with van der Waals surface area (Å²) in [5.74, 6) is 0.0263. The van der Waals surface area contributed by atoms with Gasteiger partial charge in [-0.05, 0) is 43.9 Å². The van der Waals surface area contributed by atoms with Gasteiger partial charge in [-0.15, -0.1) is 11.8 Å². The van der Waals surface area contributed by atoms with Gasteiger partial charge in [-0.1, -0.05) is 0 Å². The molecule has 1 fully saturated rings. The normalized spacial score (nSPS) is 15.4. The molecule has 0 unspecified atom stereocenters. The molecule has 6 heteroatoms. The van der Waals surface area contributed by atoms with E-state index in [4.69, 9.17) is 4.74 Å². The van der Waals surface area contributed by atoms with Crippen LogP contribution in [0.25, 0.3) is 0 Å². The van der Waals surface area contributed by atoms with Crippen LogP contribution < -0.4 is 0 Å². The first-order valence-electron chi connectivity index (χ1n) is 7.50. The Morgan fingerprint density at radius 2 is 1.73 bits per heavy atom. The topological polar surface area (TPSA) is 49.9 Å². The first-order chi connectivity index (χ1) is 10.7. The number of nitrogens with zero attached hydrogens (tertiary/aromatic N) is 2. The highest BCUT2D eigenvalue weighted by Crippen LogP contribution is 2.16. The van der Waals surface area contributed by atoms with Gasteiger partial charge in [0, 0.05) is 36.6 Å². The number of benzene rings is 1. The van der Waals surface area contributed by atoms with Gasteiger partial charge < -0.3 is 14.5 Å². The van der Waals surface area contributed by atoms with Crippen molar-refractivity contribution in [3.8, 4) is 0 Å². The molecule has 0 radical (unpaired) electrons. The van der Waals surface area contributed by atoms with Crippen molar-refractivity contribution < 1.29 is 14.3 Å². The summed E-state index contributed by atoms with van der Waals surface area (Å²) in [6.07, 6.45) is 2.49. The lowest BCUT2D eigenvalue weighted by Gasteiger charge is -2.21. The molecule has 2 rings (SSSR count). The average Bonchev–Trinajstić information content (AvgIpc) is 2.80. The number of rotatable bonds is 3. The van der Waals surface area contributed by atoms with Gasteiger partial charge in [-0.3, -0.25) is 4.79 Å². The molecule has 5 nitrogen and oxygen atoms in total. The number of carbonyl (C=O) groups is 2. The molecule has 1 aromatic rings. The smallest absolute Gasteiger partial charge is 0.409 e. The number of thioether (sulfide) groups is 1. The lowest BCUT2D eigenvalue weighted by molar-refractivity contribution is 0.0753. The van der Waals surface area contributed by atoms with Crippen LogP contribution in [0.5, 0.6) is 0 Å². The van der Waals surface area contributed by atoms with Crippen molar-refractivity contribution in [2.24, 2.45) is 0 Å². The van der Waals surface area contributed by atoms with Crippen LogP contribution in [0, 0.1) is 0 Å². The molecule has 2 amide bonds. The molecular formula is C16H22N2O3S. The van der Waals surface area contributed by atoms with Crippen LogP contribution in [-0.2, 0) is 4.74 Å². The number of carbonyl (C=O) groups excluding carboxylic acids is 2. The third-order valence-electron chi connectivity index (χ3n) is 3.65. The number of hydrogen-bond acceptors (Lipinski definition) is 4. The summed E-state index contributed by atoms with van der Waals surface area (Å²) in [6, 6.07) is 7.64. The fraction of sp³-hybridized carbons (Fsp3) is 0.500. The summed E-state index contributed by atoms with van der Waals surface area (Å²) >= 11 is 1.65. The monoisotopic (exact) mass is 322 g/mol. The number of hydrogen-bond donors (Lipinski definition) is 0. The van der Waals surface area contributed by atoms with Crippen molar-refractivity contribution >= 4 is 23.8 Å². The Labute approximate surface area is 135 Å². The van der Waals surface area contributed by atoms with Gasteiger partial charge in [0.2, 0.25) is 0 Å². The Morgan fingerprint density at radius 1 is 1.09 bits per heavy atom. The highest BCUT2D eigenvalue weighted by molar-refractivity contribution is 7.98. The third-order valence-corrected chi connectivity index (χ3v) is 4.39. The molecule has 0 aliphatic carbocycles. The van der Waals surface area contributed by atoms with Crippen molar-refractivity contribution in [1.29, 1.82) is 0 Å². The first kappa shape index (κ1) is 16.7. The van der Waals surface area contributed by atoms with E-state index in [2.05, 4.69) is 0 Å². The standard InChI is InChI=1S/C16H22N2O3S/c1-3-21-16(20)18-10-4-9-17(11-12-18)15(19)13-5-7-14(22-2)8-6-13/h5-8H,3-4,9-12H2,1-2H3. The van der Waals surface area contributed by atoms with E-state index in [9.17, 15) is 9.59 Å². The largest absolute Gasteiger partial charge is 0.450 e. The van der Waals surface area contributed by atoms with E-state index >= 15 is 0 Å². The summed E-state index contributed by atoms with van der Waals surface area (Å²) in [4.78, 5) is 28.9. The number of amides is 2. The van der Waals surface area contributed by atoms with E-state index in [0.29, 0.717) is 38.3 Å². The Hall–Kier alpha value is -1.69. The van der Waals surface area contributed by atoms with Gasteiger partial charge >= 0.3 is 6.09 Å². The van der Waals surface area contributed by atoms with Crippen LogP contribution in [0.3, 0.4) is 0 Å². The van der Waals surface area contributed by atoms with Gasteiger partial charge in [0.25, 0.3) is 5.91 Å². The molecule has 0 atom stereocenters. The fourth-order valence-corrected chi connectivity index (χ4v) is 2.84. The van der Waals surface area contributed by atoms with Gasteiger partial charge in [0.05, 0.1) is 6.61 Å². The molecular weight excluding hydrogens is 300 g/mol. The second-order valence-electron chi connectivity index (χ2n) is 5.06. The molecule has 0 spiro atoms. The van der Waals surface area contributed by atoms with Gasteiger partial charge in [-0.25, -0.2) is 4.79 Å². The quantitative estimate of drug-likeness (QED) is 0.803. The summed E-state index contributed by atoms with van der Waals surface area (Å²) < 4.78 is 5.02. The van der Waals surface area contributed by atoms with Crippen LogP contribution in [0.15, 0.2) is 29.2 Å². The first-order valence-corrected chi connectivity index (χ1v) is 8.73. The van der Waals surface area contributed by atoms with Crippen LogP contribution in [0.4, 0.5) is 4.79 Å². The Bertz CT molecular complexity index is 519. The Morgan fingerprint density at radius 3 is 2.36 bits per heavy atom. The van der Waals surface area contributed by atoms with E-state index in [1.54, 1.807) is 23.6 Å². The van der Waals surface area contributed by atoms with E-state index in [1.165, 1.54) is 0 Å². The Balaban J connectivity index is 1.97. The maximum Gasteiger partial charge on any atom is 0.409 e. The van der Waals surface area contributed by atoms with Crippen LogP contribution >= 0.6 is 11.8 Å². The molecule has 1 aliphatic heterocycles. The van der Waals surface area contributed by atoms with Crippen molar-refractivity contribution in [2.75, 3.05) is 39.0 Å². The lowest BCUT2D eigenvalue weighted by Crippen LogP contribution is -2.37. The van der Waals surface area contributed by atoms with E-state index < -0.39 is 0 Å².